The van der Waals surface area contributed by atoms with E-state index in [0.29, 0.717) is 0 Å². The zero-order chi connectivity index (χ0) is 7.44. The standard InChI is InChI=1S/C4H5Cl2NO2/c5-3(8)1-2(7)4(6)9/h2H,1,7H2/t2-/m0/s1. The highest BCUT2D eigenvalue weighted by Gasteiger charge is 2.12. The van der Waals surface area contributed by atoms with Crippen LogP contribution in [0.25, 0.3) is 0 Å². The molecule has 0 heterocycles. The van der Waals surface area contributed by atoms with Crippen LogP contribution in [0.15, 0.2) is 0 Å². The number of halogens is 2. The van der Waals surface area contributed by atoms with Gasteiger partial charge in [0, 0.05) is 6.42 Å². The Labute approximate surface area is 62.1 Å². The molecule has 0 aliphatic rings. The molecular formula is C4H5Cl2NO2. The molecule has 5 heteroatoms. The zero-order valence-electron chi connectivity index (χ0n) is 4.43. The predicted octanol–water partition coefficient (Wildman–Crippen LogP) is 0.235. The van der Waals surface area contributed by atoms with Gasteiger partial charge in [-0.05, 0) is 23.2 Å². The molecule has 0 spiro atoms. The summed E-state index contributed by atoms with van der Waals surface area (Å²) in [4.78, 5) is 20.1. The molecule has 0 aromatic rings. The van der Waals surface area contributed by atoms with Gasteiger partial charge in [-0.2, -0.15) is 0 Å². The zero-order valence-corrected chi connectivity index (χ0v) is 5.95. The molecule has 0 bridgehead atoms. The Hall–Kier alpha value is -0.120. The summed E-state index contributed by atoms with van der Waals surface area (Å²) in [6.45, 7) is 0. The second kappa shape index (κ2) is 3.82. The number of hydrogen-bond donors (Lipinski definition) is 1. The molecule has 9 heavy (non-hydrogen) atoms. The Morgan fingerprint density at radius 2 is 1.89 bits per heavy atom. The van der Waals surface area contributed by atoms with Gasteiger partial charge in [0.2, 0.25) is 10.5 Å². The SMILES string of the molecule is N[C@@H](CC(=O)Cl)C(=O)Cl. The fourth-order valence-electron chi connectivity index (χ4n) is 0.253. The molecule has 0 saturated carbocycles. The third kappa shape index (κ3) is 4.39. The average molecular weight is 170 g/mol. The molecule has 0 amide bonds. The van der Waals surface area contributed by atoms with Gasteiger partial charge in [-0.25, -0.2) is 0 Å². The molecule has 0 aromatic heterocycles. The maximum atomic E-state index is 10.1. The lowest BCUT2D eigenvalue weighted by atomic mass is 10.3. The molecule has 0 aliphatic carbocycles. The van der Waals surface area contributed by atoms with E-state index in [9.17, 15) is 9.59 Å². The van der Waals surface area contributed by atoms with Gasteiger partial charge in [-0.3, -0.25) is 9.59 Å². The van der Waals surface area contributed by atoms with Gasteiger partial charge in [0.05, 0.1) is 6.04 Å². The third-order valence-electron chi connectivity index (χ3n) is 0.672. The summed E-state index contributed by atoms with van der Waals surface area (Å²) in [5, 5.41) is -1.40. The van der Waals surface area contributed by atoms with Crippen molar-refractivity contribution in [1.82, 2.24) is 0 Å². The first-order valence-electron chi connectivity index (χ1n) is 2.17. The maximum Gasteiger partial charge on any atom is 0.238 e. The van der Waals surface area contributed by atoms with E-state index < -0.39 is 16.5 Å². The van der Waals surface area contributed by atoms with E-state index >= 15 is 0 Å². The quantitative estimate of drug-likeness (QED) is 0.617. The lowest BCUT2D eigenvalue weighted by Crippen LogP contribution is -2.28. The fourth-order valence-corrected chi connectivity index (χ4v) is 0.497. The first kappa shape index (κ1) is 8.88. The van der Waals surface area contributed by atoms with Gasteiger partial charge in [-0.1, -0.05) is 0 Å². The Morgan fingerprint density at radius 3 is 2.00 bits per heavy atom. The number of carbonyl (C=O) groups excluding carboxylic acids is 2. The Balaban J connectivity index is 3.63. The van der Waals surface area contributed by atoms with E-state index in [1.807, 2.05) is 0 Å². The van der Waals surface area contributed by atoms with E-state index in [4.69, 9.17) is 28.9 Å². The highest BCUT2D eigenvalue weighted by molar-refractivity contribution is 6.67. The van der Waals surface area contributed by atoms with Crippen LogP contribution in [-0.4, -0.2) is 16.5 Å². The minimum Gasteiger partial charge on any atom is -0.320 e. The maximum absolute atomic E-state index is 10.1. The van der Waals surface area contributed by atoms with Crippen molar-refractivity contribution >= 4 is 33.7 Å². The minimum absolute atomic E-state index is 0.204. The van der Waals surface area contributed by atoms with E-state index in [-0.39, 0.29) is 6.42 Å². The molecule has 1 atom stereocenters. The van der Waals surface area contributed by atoms with Crippen LogP contribution < -0.4 is 5.73 Å². The summed E-state index contributed by atoms with van der Waals surface area (Å²) in [5.41, 5.74) is 5.03. The molecule has 0 aromatic carbocycles. The van der Waals surface area contributed by atoms with Gasteiger partial charge < -0.3 is 5.73 Å². The monoisotopic (exact) mass is 169 g/mol. The number of carbonyl (C=O) groups is 2. The van der Waals surface area contributed by atoms with E-state index in [1.54, 1.807) is 0 Å². The minimum atomic E-state index is -0.961. The van der Waals surface area contributed by atoms with Crippen molar-refractivity contribution in [3.63, 3.8) is 0 Å². The molecule has 0 unspecified atom stereocenters. The molecular weight excluding hydrogens is 165 g/mol. The van der Waals surface area contributed by atoms with Crippen LogP contribution >= 0.6 is 23.2 Å². The van der Waals surface area contributed by atoms with Crippen LogP contribution in [0.3, 0.4) is 0 Å². The normalized spacial score (nSPS) is 12.8. The number of hydrogen-bond acceptors (Lipinski definition) is 3. The lowest BCUT2D eigenvalue weighted by molar-refractivity contribution is -0.117. The van der Waals surface area contributed by atoms with Crippen molar-refractivity contribution in [3.05, 3.63) is 0 Å². The molecule has 3 nitrogen and oxygen atoms in total. The lowest BCUT2D eigenvalue weighted by Gasteiger charge is -1.98. The second-order valence-electron chi connectivity index (χ2n) is 1.47. The van der Waals surface area contributed by atoms with Gasteiger partial charge in [-0.15, -0.1) is 0 Å². The summed E-state index contributed by atoms with van der Waals surface area (Å²) < 4.78 is 0. The summed E-state index contributed by atoms with van der Waals surface area (Å²) in [6, 6.07) is -0.961. The highest BCUT2D eigenvalue weighted by Crippen LogP contribution is 1.96. The van der Waals surface area contributed by atoms with Crippen molar-refractivity contribution in [2.24, 2.45) is 5.73 Å². The van der Waals surface area contributed by atoms with Crippen LogP contribution in [0.2, 0.25) is 0 Å². The van der Waals surface area contributed by atoms with Crippen molar-refractivity contribution < 1.29 is 9.59 Å². The van der Waals surface area contributed by atoms with Crippen molar-refractivity contribution in [2.45, 2.75) is 12.5 Å². The average Bonchev–Trinajstić information content (AvgIpc) is 1.63. The molecule has 0 fully saturated rings. The van der Waals surface area contributed by atoms with Gasteiger partial charge in [0.25, 0.3) is 0 Å². The number of nitrogens with two attached hydrogens (primary N) is 1. The first-order chi connectivity index (χ1) is 4.04. The second-order valence-corrected chi connectivity index (χ2v) is 2.26. The van der Waals surface area contributed by atoms with E-state index in [1.165, 1.54) is 0 Å². The summed E-state index contributed by atoms with van der Waals surface area (Å²) in [5.74, 6) is 0. The predicted molar refractivity (Wildman–Crippen MR) is 34.3 cm³/mol. The van der Waals surface area contributed by atoms with Crippen LogP contribution in [0, 0.1) is 0 Å². The smallest absolute Gasteiger partial charge is 0.238 e. The van der Waals surface area contributed by atoms with Gasteiger partial charge in [0.15, 0.2) is 0 Å². The Morgan fingerprint density at radius 1 is 1.44 bits per heavy atom. The third-order valence-corrected chi connectivity index (χ3v) is 1.11. The molecule has 0 saturated heterocycles. The van der Waals surface area contributed by atoms with E-state index in [2.05, 4.69) is 0 Å². The molecule has 2 N–H and O–H groups in total. The highest BCUT2D eigenvalue weighted by atomic mass is 35.5. The first-order valence-corrected chi connectivity index (χ1v) is 2.93. The van der Waals surface area contributed by atoms with E-state index in [0.717, 1.165) is 0 Å². The van der Waals surface area contributed by atoms with Crippen LogP contribution in [0.5, 0.6) is 0 Å². The number of rotatable bonds is 3. The molecule has 0 radical (unpaired) electrons. The fraction of sp³-hybridized carbons (Fsp3) is 0.500. The van der Waals surface area contributed by atoms with Crippen LogP contribution in [0.4, 0.5) is 0 Å². The van der Waals surface area contributed by atoms with Crippen LogP contribution in [0.1, 0.15) is 6.42 Å². The summed E-state index contributed by atoms with van der Waals surface area (Å²) in [7, 11) is 0. The van der Waals surface area contributed by atoms with Crippen molar-refractivity contribution in [2.75, 3.05) is 0 Å². The van der Waals surface area contributed by atoms with Gasteiger partial charge in [0.1, 0.15) is 0 Å². The Bertz CT molecular complexity index is 137. The largest absolute Gasteiger partial charge is 0.320 e. The van der Waals surface area contributed by atoms with Gasteiger partial charge >= 0.3 is 0 Å². The topological polar surface area (TPSA) is 60.2 Å². The van der Waals surface area contributed by atoms with Crippen LogP contribution in [-0.2, 0) is 9.59 Å². The van der Waals surface area contributed by atoms with Crippen molar-refractivity contribution in [3.8, 4) is 0 Å². The summed E-state index contributed by atoms with van der Waals surface area (Å²) >= 11 is 9.78. The Kier molecular flexibility index (Phi) is 3.77. The summed E-state index contributed by atoms with van der Waals surface area (Å²) in [6.07, 6.45) is -0.204. The molecule has 0 aliphatic heterocycles. The molecule has 0 rings (SSSR count). The molecule has 52 valence electrons. The van der Waals surface area contributed by atoms with Crippen molar-refractivity contribution in [1.29, 1.82) is 0 Å².